The van der Waals surface area contributed by atoms with E-state index in [1.807, 2.05) is 0 Å². The molecule has 2 aromatic heterocycles. The Morgan fingerprint density at radius 1 is 1.28 bits per heavy atom. The Kier molecular flexibility index (Phi) is 2.26. The Bertz CT molecular complexity index is 716. The third-order valence-electron chi connectivity index (χ3n) is 2.90. The molecule has 3 aromatic rings. The van der Waals surface area contributed by atoms with E-state index in [4.69, 9.17) is 0 Å². The van der Waals surface area contributed by atoms with Crippen molar-refractivity contribution in [2.24, 2.45) is 7.05 Å². The predicted octanol–water partition coefficient (Wildman–Crippen LogP) is 2.48. The Balaban J connectivity index is 2.36. The molecule has 0 fully saturated rings. The Morgan fingerprint density at radius 2 is 2.11 bits per heavy atom. The Labute approximate surface area is 102 Å². The van der Waals surface area contributed by atoms with Gasteiger partial charge in [0, 0.05) is 13.2 Å². The lowest BCUT2D eigenvalue weighted by molar-refractivity contribution is 0.471. The van der Waals surface area contributed by atoms with E-state index in [0.717, 1.165) is 5.52 Å². The zero-order valence-electron chi connectivity index (χ0n) is 9.63. The first-order valence-corrected chi connectivity index (χ1v) is 5.43. The van der Waals surface area contributed by atoms with Crippen LogP contribution in [0.25, 0.3) is 22.4 Å². The summed E-state index contributed by atoms with van der Waals surface area (Å²) in [5.74, 6) is -0.240. The average Bonchev–Trinajstić information content (AvgIpc) is 2.68. The third-order valence-corrected chi connectivity index (χ3v) is 2.90. The van der Waals surface area contributed by atoms with E-state index in [-0.39, 0.29) is 11.3 Å². The van der Waals surface area contributed by atoms with Crippen LogP contribution in [0.4, 0.5) is 4.39 Å². The molecule has 1 aromatic carbocycles. The molecule has 0 unspecified atom stereocenters. The summed E-state index contributed by atoms with van der Waals surface area (Å²) in [4.78, 5) is 8.28. The molecule has 0 amide bonds. The monoisotopic (exact) mass is 243 g/mol. The molecule has 0 aliphatic carbocycles. The summed E-state index contributed by atoms with van der Waals surface area (Å²) in [5, 5.41) is 9.79. The number of nitrogens with zero attached hydrogens (tertiary/aromatic N) is 3. The molecule has 18 heavy (non-hydrogen) atoms. The number of aromatic hydroxyl groups is 1. The highest BCUT2D eigenvalue weighted by atomic mass is 19.1. The van der Waals surface area contributed by atoms with Gasteiger partial charge in [-0.25, -0.2) is 9.37 Å². The van der Waals surface area contributed by atoms with Gasteiger partial charge in [0.1, 0.15) is 22.9 Å². The number of benzene rings is 1. The number of aromatic nitrogens is 3. The van der Waals surface area contributed by atoms with Gasteiger partial charge < -0.3 is 9.67 Å². The maximum absolute atomic E-state index is 13.8. The second-order valence-electron chi connectivity index (χ2n) is 3.99. The van der Waals surface area contributed by atoms with E-state index >= 15 is 0 Å². The minimum absolute atomic E-state index is 0.108. The SMILES string of the molecule is Cn1c(-c2c(O)cccc2F)nc2cnccc21. The van der Waals surface area contributed by atoms with Gasteiger partial charge in [-0.3, -0.25) is 4.98 Å². The summed E-state index contributed by atoms with van der Waals surface area (Å²) in [6.07, 6.45) is 3.26. The number of rotatable bonds is 1. The highest BCUT2D eigenvalue weighted by Crippen LogP contribution is 2.32. The number of hydrogen-bond acceptors (Lipinski definition) is 3. The molecule has 1 N–H and O–H groups in total. The predicted molar refractivity (Wildman–Crippen MR) is 65.6 cm³/mol. The van der Waals surface area contributed by atoms with E-state index < -0.39 is 5.82 Å². The van der Waals surface area contributed by atoms with Crippen molar-refractivity contribution in [1.29, 1.82) is 0 Å². The van der Waals surface area contributed by atoms with Gasteiger partial charge in [0.2, 0.25) is 0 Å². The molecule has 0 aliphatic rings. The molecule has 0 saturated carbocycles. The van der Waals surface area contributed by atoms with Crippen LogP contribution in [-0.4, -0.2) is 19.6 Å². The fourth-order valence-corrected chi connectivity index (χ4v) is 2.01. The van der Waals surface area contributed by atoms with Crippen molar-refractivity contribution in [3.8, 4) is 17.1 Å². The average molecular weight is 243 g/mol. The van der Waals surface area contributed by atoms with Crippen LogP contribution >= 0.6 is 0 Å². The molecule has 4 nitrogen and oxygen atoms in total. The smallest absolute Gasteiger partial charge is 0.147 e. The molecule has 3 rings (SSSR count). The van der Waals surface area contributed by atoms with Gasteiger partial charge in [0.25, 0.3) is 0 Å². The number of hydrogen-bond donors (Lipinski definition) is 1. The lowest BCUT2D eigenvalue weighted by Crippen LogP contribution is -1.95. The number of fused-ring (bicyclic) bond motifs is 1. The van der Waals surface area contributed by atoms with Crippen molar-refractivity contribution in [2.75, 3.05) is 0 Å². The fraction of sp³-hybridized carbons (Fsp3) is 0.0769. The second-order valence-corrected chi connectivity index (χ2v) is 3.99. The van der Waals surface area contributed by atoms with Crippen molar-refractivity contribution in [3.05, 3.63) is 42.5 Å². The summed E-state index contributed by atoms with van der Waals surface area (Å²) in [6.45, 7) is 0. The molecule has 90 valence electrons. The molecule has 0 saturated heterocycles. The molecule has 2 heterocycles. The highest BCUT2D eigenvalue weighted by Gasteiger charge is 2.17. The molecular formula is C13H10FN3O. The van der Waals surface area contributed by atoms with Gasteiger partial charge >= 0.3 is 0 Å². The van der Waals surface area contributed by atoms with Gasteiger partial charge in [-0.15, -0.1) is 0 Å². The van der Waals surface area contributed by atoms with Crippen molar-refractivity contribution in [1.82, 2.24) is 14.5 Å². The van der Waals surface area contributed by atoms with E-state index in [9.17, 15) is 9.50 Å². The fourth-order valence-electron chi connectivity index (χ4n) is 2.01. The topological polar surface area (TPSA) is 50.9 Å². The molecule has 5 heteroatoms. The maximum Gasteiger partial charge on any atom is 0.147 e. The summed E-state index contributed by atoms with van der Waals surface area (Å²) < 4.78 is 15.5. The van der Waals surface area contributed by atoms with E-state index in [0.29, 0.717) is 11.3 Å². The van der Waals surface area contributed by atoms with Gasteiger partial charge in [0.05, 0.1) is 17.3 Å². The van der Waals surface area contributed by atoms with Crippen LogP contribution in [0.5, 0.6) is 5.75 Å². The van der Waals surface area contributed by atoms with Crippen molar-refractivity contribution in [2.45, 2.75) is 0 Å². The van der Waals surface area contributed by atoms with Crippen molar-refractivity contribution in [3.63, 3.8) is 0 Å². The lowest BCUT2D eigenvalue weighted by atomic mass is 10.2. The summed E-state index contributed by atoms with van der Waals surface area (Å²) >= 11 is 0. The van der Waals surface area contributed by atoms with Crippen LogP contribution in [0.1, 0.15) is 0 Å². The molecular weight excluding hydrogens is 233 g/mol. The zero-order chi connectivity index (χ0) is 12.7. The summed E-state index contributed by atoms with van der Waals surface area (Å²) in [7, 11) is 1.77. The van der Waals surface area contributed by atoms with Gasteiger partial charge in [-0.1, -0.05) is 6.07 Å². The van der Waals surface area contributed by atoms with Crippen LogP contribution in [0.15, 0.2) is 36.7 Å². The largest absolute Gasteiger partial charge is 0.507 e. The standard InChI is InChI=1S/C13H10FN3O/c1-17-10-5-6-15-7-9(10)16-13(17)12-8(14)3-2-4-11(12)18/h2-7,18H,1H3. The Hall–Kier alpha value is -2.43. The Morgan fingerprint density at radius 3 is 2.83 bits per heavy atom. The lowest BCUT2D eigenvalue weighted by Gasteiger charge is -2.05. The first kappa shape index (κ1) is 10.7. The van der Waals surface area contributed by atoms with Crippen LogP contribution < -0.4 is 0 Å². The van der Waals surface area contributed by atoms with Crippen LogP contribution in [-0.2, 0) is 7.05 Å². The molecule has 0 spiro atoms. The summed E-state index contributed by atoms with van der Waals surface area (Å²) in [6, 6.07) is 5.99. The zero-order valence-corrected chi connectivity index (χ0v) is 9.63. The van der Waals surface area contributed by atoms with Crippen molar-refractivity contribution < 1.29 is 9.50 Å². The second kappa shape index (κ2) is 3.80. The van der Waals surface area contributed by atoms with Crippen molar-refractivity contribution >= 4 is 11.0 Å². The minimum Gasteiger partial charge on any atom is -0.507 e. The van der Waals surface area contributed by atoms with Crippen LogP contribution in [0.2, 0.25) is 0 Å². The molecule has 0 radical (unpaired) electrons. The number of phenolic OH excluding ortho intramolecular Hbond substituents is 1. The van der Waals surface area contributed by atoms with E-state index in [1.54, 1.807) is 30.1 Å². The van der Waals surface area contributed by atoms with Gasteiger partial charge in [-0.05, 0) is 18.2 Å². The van der Waals surface area contributed by atoms with Crippen LogP contribution in [0.3, 0.4) is 0 Å². The normalized spacial score (nSPS) is 11.0. The quantitative estimate of drug-likeness (QED) is 0.714. The number of pyridine rings is 1. The molecule has 0 atom stereocenters. The number of halogens is 1. The first-order valence-electron chi connectivity index (χ1n) is 5.43. The minimum atomic E-state index is -0.499. The molecule has 0 bridgehead atoms. The summed E-state index contributed by atoms with van der Waals surface area (Å²) in [5.41, 5.74) is 1.61. The number of imidazole rings is 1. The third kappa shape index (κ3) is 1.44. The number of aryl methyl sites for hydroxylation is 1. The first-order chi connectivity index (χ1) is 8.68. The van der Waals surface area contributed by atoms with Gasteiger partial charge in [0.15, 0.2) is 0 Å². The van der Waals surface area contributed by atoms with Gasteiger partial charge in [-0.2, -0.15) is 0 Å². The molecule has 0 aliphatic heterocycles. The van der Waals surface area contributed by atoms with E-state index in [1.165, 1.54) is 18.2 Å². The van der Waals surface area contributed by atoms with Crippen LogP contribution in [0, 0.1) is 5.82 Å². The van der Waals surface area contributed by atoms with E-state index in [2.05, 4.69) is 9.97 Å². The maximum atomic E-state index is 13.8. The highest BCUT2D eigenvalue weighted by molar-refractivity contribution is 5.81. The number of phenols is 1.